The topological polar surface area (TPSA) is 59.0 Å². The Balaban J connectivity index is 1.37. The number of nitrogens with zero attached hydrogens (tertiary/aromatic N) is 2. The van der Waals surface area contributed by atoms with Gasteiger partial charge >= 0.3 is 6.03 Å². The number of para-hydroxylation sites is 3. The maximum absolute atomic E-state index is 13.6. The van der Waals surface area contributed by atoms with Crippen molar-refractivity contribution in [2.75, 3.05) is 10.6 Å². The van der Waals surface area contributed by atoms with Gasteiger partial charge in [-0.1, -0.05) is 36.4 Å². The molecule has 0 fully saturated rings. The molecule has 0 atom stereocenters. The van der Waals surface area contributed by atoms with Crippen molar-refractivity contribution in [1.29, 1.82) is 0 Å². The number of carbonyl (C=O) groups is 1. The molecule has 0 aliphatic heterocycles. The Morgan fingerprint density at radius 1 is 0.933 bits per heavy atom. The molecular formula is C24H23FN4O. The summed E-state index contributed by atoms with van der Waals surface area (Å²) < 4.78 is 15.9. The zero-order chi connectivity index (χ0) is 20.9. The summed E-state index contributed by atoms with van der Waals surface area (Å²) in [5.41, 5.74) is 4.13. The van der Waals surface area contributed by atoms with E-state index in [0.29, 0.717) is 5.69 Å². The van der Waals surface area contributed by atoms with Gasteiger partial charge in [-0.15, -0.1) is 0 Å². The molecule has 0 saturated carbocycles. The SMILES string of the molecule is CCn1c(CCc2ccc(NC(=O)Nc3ccccc3F)cc2)nc2ccccc21. The maximum atomic E-state index is 13.6. The van der Waals surface area contributed by atoms with Gasteiger partial charge in [0.1, 0.15) is 11.6 Å². The van der Waals surface area contributed by atoms with Crippen LogP contribution in [0.25, 0.3) is 11.0 Å². The number of urea groups is 1. The number of hydrogen-bond acceptors (Lipinski definition) is 2. The van der Waals surface area contributed by atoms with Crippen LogP contribution < -0.4 is 10.6 Å². The van der Waals surface area contributed by atoms with Crippen molar-refractivity contribution >= 4 is 28.4 Å². The predicted molar refractivity (Wildman–Crippen MR) is 118 cm³/mol. The summed E-state index contributed by atoms with van der Waals surface area (Å²) >= 11 is 0. The first kappa shape index (κ1) is 19.6. The van der Waals surface area contributed by atoms with E-state index in [2.05, 4.69) is 28.2 Å². The molecule has 1 heterocycles. The van der Waals surface area contributed by atoms with Crippen LogP contribution in [0.3, 0.4) is 0 Å². The summed E-state index contributed by atoms with van der Waals surface area (Å²) in [4.78, 5) is 16.9. The summed E-state index contributed by atoms with van der Waals surface area (Å²) in [7, 11) is 0. The number of halogens is 1. The van der Waals surface area contributed by atoms with Crippen molar-refractivity contribution in [3.8, 4) is 0 Å². The first-order chi connectivity index (χ1) is 14.6. The number of benzene rings is 3. The molecule has 0 aliphatic carbocycles. The Kier molecular flexibility index (Phi) is 5.75. The Bertz CT molecular complexity index is 1170. The summed E-state index contributed by atoms with van der Waals surface area (Å²) in [6, 6.07) is 21.4. The quantitative estimate of drug-likeness (QED) is 0.439. The van der Waals surface area contributed by atoms with Crippen LogP contribution in [-0.2, 0) is 19.4 Å². The largest absolute Gasteiger partial charge is 0.328 e. The van der Waals surface area contributed by atoms with Crippen molar-refractivity contribution in [1.82, 2.24) is 9.55 Å². The molecule has 3 aromatic carbocycles. The Hall–Kier alpha value is -3.67. The average Bonchev–Trinajstić information content (AvgIpc) is 3.12. The third-order valence-corrected chi connectivity index (χ3v) is 5.02. The summed E-state index contributed by atoms with van der Waals surface area (Å²) in [5.74, 6) is 0.603. The van der Waals surface area contributed by atoms with Crippen LogP contribution in [0, 0.1) is 5.82 Å². The first-order valence-electron chi connectivity index (χ1n) is 9.99. The van der Waals surface area contributed by atoms with Crippen LogP contribution in [0.15, 0.2) is 72.8 Å². The summed E-state index contributed by atoms with van der Waals surface area (Å²) in [6.45, 7) is 3.01. The summed E-state index contributed by atoms with van der Waals surface area (Å²) in [6.07, 6.45) is 1.69. The smallest absolute Gasteiger partial charge is 0.323 e. The fourth-order valence-electron chi connectivity index (χ4n) is 3.53. The van der Waals surface area contributed by atoms with Crippen molar-refractivity contribution in [3.63, 3.8) is 0 Å². The van der Waals surface area contributed by atoms with E-state index in [1.54, 1.807) is 12.1 Å². The van der Waals surface area contributed by atoms with Gasteiger partial charge in [-0.2, -0.15) is 0 Å². The highest BCUT2D eigenvalue weighted by molar-refractivity contribution is 5.99. The maximum Gasteiger partial charge on any atom is 0.323 e. The van der Waals surface area contributed by atoms with E-state index in [4.69, 9.17) is 4.98 Å². The molecule has 2 N–H and O–H groups in total. The standard InChI is InChI=1S/C24H23FN4O/c1-2-29-22-10-6-5-9-21(22)27-23(29)16-13-17-11-14-18(15-12-17)26-24(30)28-20-8-4-3-7-19(20)25/h3-12,14-15H,2,13,16H2,1H3,(H2,26,28,30). The van der Waals surface area contributed by atoms with Gasteiger partial charge < -0.3 is 15.2 Å². The Morgan fingerprint density at radius 3 is 2.43 bits per heavy atom. The molecule has 0 aliphatic rings. The number of hydrogen-bond donors (Lipinski definition) is 2. The van der Waals surface area contributed by atoms with E-state index in [-0.39, 0.29) is 5.69 Å². The third kappa shape index (κ3) is 4.33. The molecular weight excluding hydrogens is 379 g/mol. The van der Waals surface area contributed by atoms with Crippen LogP contribution in [0.2, 0.25) is 0 Å². The number of amides is 2. The van der Waals surface area contributed by atoms with Gasteiger partial charge in [0.15, 0.2) is 0 Å². The fourth-order valence-corrected chi connectivity index (χ4v) is 3.53. The second kappa shape index (κ2) is 8.78. The van der Waals surface area contributed by atoms with Crippen LogP contribution in [-0.4, -0.2) is 15.6 Å². The lowest BCUT2D eigenvalue weighted by molar-refractivity contribution is 0.262. The lowest BCUT2D eigenvalue weighted by Gasteiger charge is -2.09. The minimum absolute atomic E-state index is 0.144. The molecule has 4 aromatic rings. The molecule has 4 rings (SSSR count). The van der Waals surface area contributed by atoms with Crippen LogP contribution in [0.4, 0.5) is 20.6 Å². The van der Waals surface area contributed by atoms with Crippen LogP contribution in [0.1, 0.15) is 18.3 Å². The first-order valence-corrected chi connectivity index (χ1v) is 9.99. The van der Waals surface area contributed by atoms with E-state index in [1.807, 2.05) is 42.5 Å². The molecule has 0 unspecified atom stereocenters. The van der Waals surface area contributed by atoms with E-state index in [1.165, 1.54) is 12.1 Å². The second-order valence-electron chi connectivity index (χ2n) is 7.02. The minimum Gasteiger partial charge on any atom is -0.328 e. The Morgan fingerprint density at radius 2 is 1.67 bits per heavy atom. The lowest BCUT2D eigenvalue weighted by Crippen LogP contribution is -2.20. The highest BCUT2D eigenvalue weighted by Gasteiger charge is 2.10. The molecule has 30 heavy (non-hydrogen) atoms. The van der Waals surface area contributed by atoms with Crippen molar-refractivity contribution in [2.45, 2.75) is 26.3 Å². The lowest BCUT2D eigenvalue weighted by atomic mass is 10.1. The van der Waals surface area contributed by atoms with Gasteiger partial charge in [0.2, 0.25) is 0 Å². The molecule has 2 amide bonds. The van der Waals surface area contributed by atoms with Crippen molar-refractivity contribution in [3.05, 3.63) is 90.0 Å². The summed E-state index contributed by atoms with van der Waals surface area (Å²) in [5, 5.41) is 5.23. The monoisotopic (exact) mass is 402 g/mol. The number of fused-ring (bicyclic) bond motifs is 1. The number of rotatable bonds is 6. The molecule has 0 bridgehead atoms. The van der Waals surface area contributed by atoms with Crippen LogP contribution >= 0.6 is 0 Å². The van der Waals surface area contributed by atoms with Crippen molar-refractivity contribution in [2.24, 2.45) is 0 Å². The zero-order valence-corrected chi connectivity index (χ0v) is 16.7. The second-order valence-corrected chi connectivity index (χ2v) is 7.02. The number of imidazole rings is 1. The van der Waals surface area contributed by atoms with Crippen molar-refractivity contribution < 1.29 is 9.18 Å². The fraction of sp³-hybridized carbons (Fsp3) is 0.167. The van der Waals surface area contributed by atoms with Crippen LogP contribution in [0.5, 0.6) is 0 Å². The van der Waals surface area contributed by atoms with E-state index < -0.39 is 11.8 Å². The van der Waals surface area contributed by atoms with Gasteiger partial charge in [-0.05, 0) is 55.3 Å². The normalized spacial score (nSPS) is 10.9. The predicted octanol–water partition coefficient (Wildman–Crippen LogP) is 5.62. The van der Waals surface area contributed by atoms with E-state index in [0.717, 1.165) is 41.8 Å². The van der Waals surface area contributed by atoms with E-state index in [9.17, 15) is 9.18 Å². The van der Waals surface area contributed by atoms with Gasteiger partial charge in [0.25, 0.3) is 0 Å². The molecule has 152 valence electrons. The highest BCUT2D eigenvalue weighted by atomic mass is 19.1. The molecule has 6 heteroatoms. The molecule has 5 nitrogen and oxygen atoms in total. The number of anilines is 2. The van der Waals surface area contributed by atoms with Gasteiger partial charge in [0, 0.05) is 18.7 Å². The molecule has 0 radical (unpaired) electrons. The number of carbonyl (C=O) groups excluding carboxylic acids is 1. The number of aromatic nitrogens is 2. The van der Waals surface area contributed by atoms with Gasteiger partial charge in [-0.25, -0.2) is 14.2 Å². The molecule has 0 spiro atoms. The zero-order valence-electron chi connectivity index (χ0n) is 16.7. The van der Waals surface area contributed by atoms with Gasteiger partial charge in [0.05, 0.1) is 16.7 Å². The number of aryl methyl sites for hydroxylation is 3. The molecule has 0 saturated heterocycles. The highest BCUT2D eigenvalue weighted by Crippen LogP contribution is 2.18. The average molecular weight is 402 g/mol. The number of nitrogens with one attached hydrogen (secondary N) is 2. The minimum atomic E-state index is -0.482. The third-order valence-electron chi connectivity index (χ3n) is 5.02. The van der Waals surface area contributed by atoms with Gasteiger partial charge in [-0.3, -0.25) is 0 Å². The Labute approximate surface area is 174 Å². The molecule has 1 aromatic heterocycles. The van der Waals surface area contributed by atoms with E-state index >= 15 is 0 Å².